The zero-order valence-electron chi connectivity index (χ0n) is 14.9. The van der Waals surface area contributed by atoms with E-state index in [4.69, 9.17) is 9.47 Å². The molecule has 148 valence electrons. The average Bonchev–Trinajstić information content (AvgIpc) is 3.07. The summed E-state index contributed by atoms with van der Waals surface area (Å²) in [6.45, 7) is 1.34. The highest BCUT2D eigenvalue weighted by Crippen LogP contribution is 2.30. The number of carbonyl (C=O) groups excluding carboxylic acids is 1. The molecule has 1 aromatic carbocycles. The van der Waals surface area contributed by atoms with Gasteiger partial charge in [0.15, 0.2) is 27.0 Å². The predicted octanol–water partition coefficient (Wildman–Crippen LogP) is 1.84. The van der Waals surface area contributed by atoms with Crippen molar-refractivity contribution < 1.29 is 31.5 Å². The number of rotatable bonds is 7. The first kappa shape index (κ1) is 20.6. The largest absolute Gasteiger partial charge is 0.493 e. The molecule has 9 nitrogen and oxygen atoms in total. The molecule has 2 aromatic rings. The lowest BCUT2D eigenvalue weighted by atomic mass is 10.2. The van der Waals surface area contributed by atoms with Crippen LogP contribution < -0.4 is 14.8 Å². The third kappa shape index (κ3) is 4.51. The van der Waals surface area contributed by atoms with E-state index >= 15 is 0 Å². The van der Waals surface area contributed by atoms with E-state index in [2.05, 4.69) is 15.5 Å². The molecule has 1 heterocycles. The second kappa shape index (κ2) is 7.86. The molecule has 0 saturated carbocycles. The fraction of sp³-hybridized carbons (Fsp3) is 0.400. The lowest BCUT2D eigenvalue weighted by Gasteiger charge is -2.13. The Morgan fingerprint density at radius 3 is 2.30 bits per heavy atom. The van der Waals surface area contributed by atoms with Gasteiger partial charge in [-0.3, -0.25) is 4.79 Å². The molecule has 27 heavy (non-hydrogen) atoms. The van der Waals surface area contributed by atoms with Gasteiger partial charge < -0.3 is 14.8 Å². The number of sulfone groups is 1. The predicted molar refractivity (Wildman–Crippen MR) is 91.0 cm³/mol. The fourth-order valence-corrected chi connectivity index (χ4v) is 2.90. The van der Waals surface area contributed by atoms with E-state index in [0.717, 1.165) is 6.26 Å². The summed E-state index contributed by atoms with van der Waals surface area (Å²) in [5.41, 5.74) is -0.641. The topological polar surface area (TPSA) is 112 Å². The number of ether oxygens (including phenoxy) is 2. The molecule has 1 aromatic heterocycles. The third-order valence-corrected chi connectivity index (χ3v) is 4.55. The smallest absolute Gasteiger partial charge is 0.285 e. The van der Waals surface area contributed by atoms with Crippen molar-refractivity contribution >= 4 is 21.4 Å². The van der Waals surface area contributed by atoms with E-state index in [9.17, 15) is 22.0 Å². The second-order valence-electron chi connectivity index (χ2n) is 5.52. The molecule has 0 aliphatic rings. The van der Waals surface area contributed by atoms with Crippen LogP contribution in [0.25, 0.3) is 0 Å². The Labute approximate surface area is 154 Å². The van der Waals surface area contributed by atoms with Gasteiger partial charge in [0.05, 0.1) is 14.2 Å². The van der Waals surface area contributed by atoms with Gasteiger partial charge in [-0.1, -0.05) is 0 Å². The fourth-order valence-electron chi connectivity index (χ4n) is 2.16. The Morgan fingerprint density at radius 2 is 1.81 bits per heavy atom. The van der Waals surface area contributed by atoms with E-state index in [1.54, 1.807) is 12.1 Å². The third-order valence-electron chi connectivity index (χ3n) is 3.56. The Hall–Kier alpha value is -2.76. The molecule has 2 rings (SSSR count). The Kier molecular flexibility index (Phi) is 5.98. The molecule has 0 aliphatic carbocycles. The van der Waals surface area contributed by atoms with E-state index < -0.39 is 38.9 Å². The van der Waals surface area contributed by atoms with Crippen molar-refractivity contribution in [3.63, 3.8) is 0 Å². The number of nitrogens with one attached hydrogen (secondary N) is 1. The lowest BCUT2D eigenvalue weighted by Crippen LogP contribution is -2.25. The maximum absolute atomic E-state index is 13.0. The number of amides is 1. The zero-order chi connectivity index (χ0) is 20.4. The van der Waals surface area contributed by atoms with Gasteiger partial charge in [0, 0.05) is 18.0 Å². The number of halogens is 2. The van der Waals surface area contributed by atoms with Gasteiger partial charge in [0.25, 0.3) is 12.3 Å². The van der Waals surface area contributed by atoms with E-state index in [1.807, 2.05) is 0 Å². The van der Waals surface area contributed by atoms with Crippen LogP contribution >= 0.6 is 0 Å². The van der Waals surface area contributed by atoms with Crippen molar-refractivity contribution in [3.8, 4) is 11.5 Å². The average molecular weight is 404 g/mol. The van der Waals surface area contributed by atoms with Crippen LogP contribution in [-0.2, 0) is 14.6 Å². The van der Waals surface area contributed by atoms with Crippen molar-refractivity contribution in [1.82, 2.24) is 15.0 Å². The van der Waals surface area contributed by atoms with Crippen LogP contribution in [0.1, 0.15) is 25.1 Å². The molecule has 0 fully saturated rings. The van der Waals surface area contributed by atoms with Crippen LogP contribution in [0, 0.1) is 0 Å². The first-order valence-corrected chi connectivity index (χ1v) is 9.45. The van der Waals surface area contributed by atoms with Gasteiger partial charge >= 0.3 is 0 Å². The number of nitrogens with zero attached hydrogens (tertiary/aromatic N) is 3. The molecule has 1 atom stereocenters. The van der Waals surface area contributed by atoms with Crippen LogP contribution in [-0.4, -0.2) is 49.8 Å². The maximum Gasteiger partial charge on any atom is 0.285 e. The van der Waals surface area contributed by atoms with E-state index in [-0.39, 0.29) is 0 Å². The number of hydrogen-bond donors (Lipinski definition) is 1. The molecule has 0 aliphatic heterocycles. The number of aromatic nitrogens is 3. The van der Waals surface area contributed by atoms with Crippen LogP contribution in [0.2, 0.25) is 0 Å². The van der Waals surface area contributed by atoms with Gasteiger partial charge in [0.2, 0.25) is 5.03 Å². The molecule has 12 heteroatoms. The molecular weight excluding hydrogens is 386 g/mol. The van der Waals surface area contributed by atoms with Gasteiger partial charge in [0.1, 0.15) is 6.04 Å². The first-order valence-electron chi connectivity index (χ1n) is 7.56. The lowest BCUT2D eigenvalue weighted by molar-refractivity contribution is -0.119. The van der Waals surface area contributed by atoms with Gasteiger partial charge in [-0.05, 0) is 19.1 Å². The first-order chi connectivity index (χ1) is 12.6. The van der Waals surface area contributed by atoms with Crippen LogP contribution in [0.15, 0.2) is 23.2 Å². The molecule has 0 radical (unpaired) electrons. The second-order valence-corrected chi connectivity index (χ2v) is 7.45. The normalized spacial score (nSPS) is 12.7. The summed E-state index contributed by atoms with van der Waals surface area (Å²) < 4.78 is 59.5. The quantitative estimate of drug-likeness (QED) is 0.749. The van der Waals surface area contributed by atoms with Gasteiger partial charge in [-0.15, -0.1) is 5.10 Å². The highest BCUT2D eigenvalue weighted by atomic mass is 32.2. The molecule has 1 unspecified atom stereocenters. The minimum atomic E-state index is -4.03. The van der Waals surface area contributed by atoms with Crippen molar-refractivity contribution in [2.75, 3.05) is 25.8 Å². The molecular formula is C15H18F2N4O5S. The minimum Gasteiger partial charge on any atom is -0.493 e. The summed E-state index contributed by atoms with van der Waals surface area (Å²) in [7, 11) is -1.14. The van der Waals surface area contributed by atoms with Gasteiger partial charge in [-0.2, -0.15) is 9.90 Å². The standard InChI is InChI=1S/C15H18F2N4O5S/c1-8(21-19-12(13(16)17)15(20-21)27(4,23)24)14(22)18-9-5-6-10(25-2)11(7-9)26-3/h5-8,13H,1-4H3,(H,18,22). The number of hydrogen-bond acceptors (Lipinski definition) is 7. The summed E-state index contributed by atoms with van der Waals surface area (Å²) in [6.07, 6.45) is -2.41. The zero-order valence-corrected chi connectivity index (χ0v) is 15.8. The number of anilines is 1. The molecule has 0 spiro atoms. The van der Waals surface area contributed by atoms with E-state index in [0.29, 0.717) is 22.0 Å². The molecule has 1 N–H and O–H groups in total. The Balaban J connectivity index is 2.28. The molecule has 0 saturated heterocycles. The van der Waals surface area contributed by atoms with Gasteiger partial charge in [-0.25, -0.2) is 17.2 Å². The number of benzene rings is 1. The highest BCUT2D eigenvalue weighted by Gasteiger charge is 2.29. The Bertz CT molecular complexity index is 946. The van der Waals surface area contributed by atoms with Crippen LogP contribution in [0.3, 0.4) is 0 Å². The summed E-state index contributed by atoms with van der Waals surface area (Å²) in [4.78, 5) is 13.0. The SMILES string of the molecule is COc1ccc(NC(=O)C(C)n2nc(C(F)F)c(S(C)(=O)=O)n2)cc1OC. The Morgan fingerprint density at radius 1 is 1.19 bits per heavy atom. The van der Waals surface area contributed by atoms with Crippen molar-refractivity contribution in [2.24, 2.45) is 0 Å². The summed E-state index contributed by atoms with van der Waals surface area (Å²) in [5.74, 6) is 0.189. The van der Waals surface area contributed by atoms with Crippen molar-refractivity contribution in [3.05, 3.63) is 23.9 Å². The van der Waals surface area contributed by atoms with Crippen LogP contribution in [0.4, 0.5) is 14.5 Å². The van der Waals surface area contributed by atoms with Crippen molar-refractivity contribution in [2.45, 2.75) is 24.4 Å². The monoisotopic (exact) mass is 404 g/mol. The maximum atomic E-state index is 13.0. The molecule has 1 amide bonds. The summed E-state index contributed by atoms with van der Waals surface area (Å²) >= 11 is 0. The summed E-state index contributed by atoms with van der Waals surface area (Å²) in [6, 6.07) is 3.48. The highest BCUT2D eigenvalue weighted by molar-refractivity contribution is 7.90. The number of alkyl halides is 2. The van der Waals surface area contributed by atoms with E-state index in [1.165, 1.54) is 27.2 Å². The van der Waals surface area contributed by atoms with Crippen LogP contribution in [0.5, 0.6) is 11.5 Å². The summed E-state index contributed by atoms with van der Waals surface area (Å²) in [5, 5.41) is 8.72. The van der Waals surface area contributed by atoms with Crippen molar-refractivity contribution in [1.29, 1.82) is 0 Å². The minimum absolute atomic E-state index is 0.356. The number of carbonyl (C=O) groups is 1. The number of methoxy groups -OCH3 is 2. The molecule has 0 bridgehead atoms.